The van der Waals surface area contributed by atoms with E-state index in [1.165, 1.54) is 12.1 Å². The average molecular weight is 383 g/mol. The monoisotopic (exact) mass is 383 g/mol. The maximum Gasteiger partial charge on any atom is 0.263 e. The number of nitrogens with zero attached hydrogens (tertiary/aromatic N) is 1. The van der Waals surface area contributed by atoms with Crippen LogP contribution >= 0.6 is 0 Å². The first-order chi connectivity index (χ1) is 13.5. The summed E-state index contributed by atoms with van der Waals surface area (Å²) < 4.78 is 15.9. The fraction of sp³-hybridized carbons (Fsp3) is 0.286. The second-order valence-corrected chi connectivity index (χ2v) is 6.75. The molecule has 1 aliphatic carbocycles. The predicted octanol–water partition coefficient (Wildman–Crippen LogP) is 2.44. The number of rotatable bonds is 7. The smallest absolute Gasteiger partial charge is 0.263 e. The SMILES string of the molecule is C=CC(=O)NCc1ccc(CNC(=O)c2cccn(C3CCC3)c2=O)c(F)c1. The quantitative estimate of drug-likeness (QED) is 0.721. The first-order valence-electron chi connectivity index (χ1n) is 9.16. The minimum Gasteiger partial charge on any atom is -0.348 e. The number of halogens is 1. The van der Waals surface area contributed by atoms with Crippen molar-refractivity contribution in [2.75, 3.05) is 0 Å². The van der Waals surface area contributed by atoms with Crippen molar-refractivity contribution >= 4 is 11.8 Å². The van der Waals surface area contributed by atoms with Crippen molar-refractivity contribution in [2.24, 2.45) is 0 Å². The van der Waals surface area contributed by atoms with Gasteiger partial charge in [0.1, 0.15) is 11.4 Å². The van der Waals surface area contributed by atoms with E-state index in [-0.39, 0.29) is 36.2 Å². The Morgan fingerprint density at radius 2 is 2.00 bits per heavy atom. The van der Waals surface area contributed by atoms with Gasteiger partial charge in [0.2, 0.25) is 5.91 Å². The standard InChI is InChI=1S/C21H22FN3O3/c1-2-19(26)23-12-14-8-9-15(18(22)11-14)13-24-20(27)17-7-4-10-25(21(17)28)16-5-3-6-16/h2,4,7-11,16H,1,3,5-6,12-13H2,(H,23,26)(H,24,27). The van der Waals surface area contributed by atoms with E-state index in [2.05, 4.69) is 17.2 Å². The first kappa shape index (κ1) is 19.5. The minimum atomic E-state index is -0.527. The van der Waals surface area contributed by atoms with Crippen LogP contribution in [0.2, 0.25) is 0 Å². The van der Waals surface area contributed by atoms with E-state index in [0.717, 1.165) is 25.3 Å². The van der Waals surface area contributed by atoms with Crippen LogP contribution in [0.3, 0.4) is 0 Å². The molecule has 28 heavy (non-hydrogen) atoms. The summed E-state index contributed by atoms with van der Waals surface area (Å²) in [6, 6.07) is 7.84. The Bertz CT molecular complexity index is 964. The molecule has 0 radical (unpaired) electrons. The molecule has 1 aromatic carbocycles. The van der Waals surface area contributed by atoms with Gasteiger partial charge in [0.15, 0.2) is 0 Å². The van der Waals surface area contributed by atoms with E-state index in [1.807, 2.05) is 0 Å². The molecule has 0 saturated heterocycles. The third-order valence-corrected chi connectivity index (χ3v) is 4.90. The molecule has 2 amide bonds. The zero-order valence-corrected chi connectivity index (χ0v) is 15.4. The van der Waals surface area contributed by atoms with Gasteiger partial charge >= 0.3 is 0 Å². The Morgan fingerprint density at radius 3 is 2.64 bits per heavy atom. The van der Waals surface area contributed by atoms with Crippen LogP contribution in [0.5, 0.6) is 0 Å². The van der Waals surface area contributed by atoms with E-state index in [4.69, 9.17) is 0 Å². The Balaban J connectivity index is 1.64. The summed E-state index contributed by atoms with van der Waals surface area (Å²) in [5.41, 5.74) is 0.619. The number of hydrogen-bond acceptors (Lipinski definition) is 3. The van der Waals surface area contributed by atoms with E-state index in [1.54, 1.807) is 29.0 Å². The molecule has 0 spiro atoms. The van der Waals surface area contributed by atoms with Crippen molar-refractivity contribution in [1.29, 1.82) is 0 Å². The lowest BCUT2D eigenvalue weighted by Gasteiger charge is -2.27. The molecule has 146 valence electrons. The van der Waals surface area contributed by atoms with Gasteiger partial charge in [-0.05, 0) is 49.1 Å². The molecule has 3 rings (SSSR count). The van der Waals surface area contributed by atoms with Gasteiger partial charge in [-0.1, -0.05) is 18.7 Å². The average Bonchev–Trinajstić information content (AvgIpc) is 2.65. The van der Waals surface area contributed by atoms with Gasteiger partial charge in [0, 0.05) is 30.9 Å². The number of carbonyl (C=O) groups is 2. The van der Waals surface area contributed by atoms with Crippen molar-refractivity contribution in [3.05, 3.63) is 82.0 Å². The summed E-state index contributed by atoms with van der Waals surface area (Å²) in [5.74, 6) is -1.36. The zero-order chi connectivity index (χ0) is 20.1. The highest BCUT2D eigenvalue weighted by molar-refractivity contribution is 5.93. The van der Waals surface area contributed by atoms with Crippen molar-refractivity contribution in [3.8, 4) is 0 Å². The number of carbonyl (C=O) groups excluding carboxylic acids is 2. The van der Waals surface area contributed by atoms with Crippen molar-refractivity contribution in [1.82, 2.24) is 15.2 Å². The highest BCUT2D eigenvalue weighted by atomic mass is 19.1. The van der Waals surface area contributed by atoms with E-state index < -0.39 is 11.7 Å². The largest absolute Gasteiger partial charge is 0.348 e. The van der Waals surface area contributed by atoms with E-state index in [0.29, 0.717) is 11.1 Å². The Kier molecular flexibility index (Phi) is 6.03. The number of aromatic nitrogens is 1. The summed E-state index contributed by atoms with van der Waals surface area (Å²) in [7, 11) is 0. The lowest BCUT2D eigenvalue weighted by molar-refractivity contribution is -0.116. The topological polar surface area (TPSA) is 80.2 Å². The zero-order valence-electron chi connectivity index (χ0n) is 15.4. The first-order valence-corrected chi connectivity index (χ1v) is 9.16. The Hall–Kier alpha value is -3.22. The normalized spacial score (nSPS) is 13.5. The molecule has 0 atom stereocenters. The van der Waals surface area contributed by atoms with Gasteiger partial charge in [-0.25, -0.2) is 4.39 Å². The third kappa shape index (κ3) is 4.36. The molecule has 1 saturated carbocycles. The molecule has 1 fully saturated rings. The summed E-state index contributed by atoms with van der Waals surface area (Å²) in [4.78, 5) is 36.1. The van der Waals surface area contributed by atoms with E-state index in [9.17, 15) is 18.8 Å². The number of benzene rings is 1. The van der Waals surface area contributed by atoms with Crippen LogP contribution in [0.25, 0.3) is 0 Å². The summed E-state index contributed by atoms with van der Waals surface area (Å²) >= 11 is 0. The van der Waals surface area contributed by atoms with Crippen LogP contribution in [0, 0.1) is 5.82 Å². The number of amides is 2. The lowest BCUT2D eigenvalue weighted by Crippen LogP contribution is -2.35. The fourth-order valence-corrected chi connectivity index (χ4v) is 3.01. The molecular formula is C21H22FN3O3. The van der Waals surface area contributed by atoms with Crippen LogP contribution in [0.15, 0.2) is 54.0 Å². The van der Waals surface area contributed by atoms with Crippen LogP contribution in [-0.4, -0.2) is 16.4 Å². The van der Waals surface area contributed by atoms with E-state index >= 15 is 0 Å². The molecule has 1 heterocycles. The molecule has 2 N–H and O–H groups in total. The predicted molar refractivity (Wildman–Crippen MR) is 103 cm³/mol. The molecule has 2 aromatic rings. The van der Waals surface area contributed by atoms with Gasteiger partial charge in [-0.15, -0.1) is 0 Å². The number of pyridine rings is 1. The van der Waals surface area contributed by atoms with Crippen LogP contribution in [-0.2, 0) is 17.9 Å². The van der Waals surface area contributed by atoms with Crippen LogP contribution in [0.1, 0.15) is 46.8 Å². The summed E-state index contributed by atoms with van der Waals surface area (Å²) in [5, 5.41) is 5.17. The Morgan fingerprint density at radius 1 is 1.21 bits per heavy atom. The van der Waals surface area contributed by atoms with Gasteiger partial charge in [0.25, 0.3) is 11.5 Å². The van der Waals surface area contributed by atoms with Crippen molar-refractivity contribution in [2.45, 2.75) is 38.4 Å². The molecule has 0 bridgehead atoms. The second kappa shape index (κ2) is 8.65. The highest BCUT2D eigenvalue weighted by Gasteiger charge is 2.22. The van der Waals surface area contributed by atoms with Gasteiger partial charge < -0.3 is 15.2 Å². The van der Waals surface area contributed by atoms with Gasteiger partial charge in [0.05, 0.1) is 0 Å². The van der Waals surface area contributed by atoms with Gasteiger partial charge in [-0.2, -0.15) is 0 Å². The molecule has 1 aromatic heterocycles. The maximum absolute atomic E-state index is 14.3. The Labute approximate surface area is 162 Å². The van der Waals surface area contributed by atoms with Gasteiger partial charge in [-0.3, -0.25) is 14.4 Å². The molecular weight excluding hydrogens is 361 g/mol. The summed E-state index contributed by atoms with van der Waals surface area (Å²) in [6.07, 6.45) is 5.81. The third-order valence-electron chi connectivity index (χ3n) is 4.90. The summed E-state index contributed by atoms with van der Waals surface area (Å²) in [6.45, 7) is 3.49. The molecule has 1 aliphatic rings. The highest BCUT2D eigenvalue weighted by Crippen LogP contribution is 2.29. The fourth-order valence-electron chi connectivity index (χ4n) is 3.01. The molecule has 0 aliphatic heterocycles. The van der Waals surface area contributed by atoms with Crippen LogP contribution in [0.4, 0.5) is 4.39 Å². The maximum atomic E-state index is 14.3. The minimum absolute atomic E-state index is 0.0400. The second-order valence-electron chi connectivity index (χ2n) is 6.75. The number of hydrogen-bond donors (Lipinski definition) is 2. The van der Waals surface area contributed by atoms with Crippen molar-refractivity contribution in [3.63, 3.8) is 0 Å². The number of nitrogens with one attached hydrogen (secondary N) is 2. The lowest BCUT2D eigenvalue weighted by atomic mass is 9.92. The van der Waals surface area contributed by atoms with Crippen molar-refractivity contribution < 1.29 is 14.0 Å². The molecule has 6 nitrogen and oxygen atoms in total. The van der Waals surface area contributed by atoms with Crippen LogP contribution < -0.4 is 16.2 Å². The molecule has 7 heteroatoms. The molecule has 0 unspecified atom stereocenters.